The summed E-state index contributed by atoms with van der Waals surface area (Å²) in [5.41, 5.74) is 2.33. The molecule has 0 bridgehead atoms. The van der Waals surface area contributed by atoms with E-state index in [2.05, 4.69) is 10.6 Å². The van der Waals surface area contributed by atoms with Crippen LogP contribution in [0.5, 0.6) is 0 Å². The summed E-state index contributed by atoms with van der Waals surface area (Å²) >= 11 is 0. The summed E-state index contributed by atoms with van der Waals surface area (Å²) in [6, 6.07) is 14.2. The molecule has 0 radical (unpaired) electrons. The Kier molecular flexibility index (Phi) is 11.9. The lowest BCUT2D eigenvalue weighted by Gasteiger charge is -2.32. The lowest BCUT2D eigenvalue weighted by Crippen LogP contribution is -2.57. The largest absolute Gasteiger partial charge is 0.461 e. The van der Waals surface area contributed by atoms with Crippen LogP contribution in [0.4, 0.5) is 0 Å². The minimum absolute atomic E-state index is 0.215. The maximum absolute atomic E-state index is 14.0. The zero-order valence-corrected chi connectivity index (χ0v) is 26.2. The lowest BCUT2D eigenvalue weighted by atomic mass is 9.83. The van der Waals surface area contributed by atoms with Crippen LogP contribution in [0.2, 0.25) is 0 Å². The molecule has 1 heterocycles. The van der Waals surface area contributed by atoms with Gasteiger partial charge in [0.05, 0.1) is 12.1 Å². The van der Waals surface area contributed by atoms with E-state index in [0.29, 0.717) is 31.4 Å². The predicted molar refractivity (Wildman–Crippen MR) is 167 cm³/mol. The molecule has 3 N–H and O–H groups in total. The molecule has 9 heteroatoms. The van der Waals surface area contributed by atoms with Crippen molar-refractivity contribution in [2.75, 3.05) is 0 Å². The van der Waals surface area contributed by atoms with Gasteiger partial charge in [0.1, 0.15) is 12.1 Å². The van der Waals surface area contributed by atoms with Gasteiger partial charge in [0.2, 0.25) is 11.8 Å². The van der Waals surface area contributed by atoms with E-state index in [0.717, 1.165) is 43.2 Å². The molecule has 4 atom stereocenters. The van der Waals surface area contributed by atoms with Crippen molar-refractivity contribution in [1.82, 2.24) is 15.5 Å². The maximum atomic E-state index is 14.0. The molecule has 9 nitrogen and oxygen atoms in total. The fourth-order valence-corrected chi connectivity index (χ4v) is 6.33. The Bertz CT molecular complexity index is 1280. The Balaban J connectivity index is 1.53. The monoisotopic (exact) mass is 605 g/mol. The molecular formula is C35H47N3O6. The second-order valence-corrected chi connectivity index (χ2v) is 12.4. The third-order valence-electron chi connectivity index (χ3n) is 8.62. The molecule has 1 aliphatic heterocycles. The number of ether oxygens (including phenoxy) is 1. The number of esters is 1. The zero-order chi connectivity index (χ0) is 31.6. The molecule has 2 aromatic carbocycles. The van der Waals surface area contributed by atoms with Gasteiger partial charge in [-0.1, -0.05) is 94.0 Å². The van der Waals surface area contributed by atoms with Gasteiger partial charge in [-0.05, 0) is 49.8 Å². The molecule has 238 valence electrons. The van der Waals surface area contributed by atoms with Gasteiger partial charge in [0.25, 0.3) is 5.91 Å². The minimum atomic E-state index is -1.52. The number of amides is 3. The van der Waals surface area contributed by atoms with Gasteiger partial charge in [-0.15, -0.1) is 0 Å². The minimum Gasteiger partial charge on any atom is -0.461 e. The molecule has 0 spiro atoms. The van der Waals surface area contributed by atoms with Crippen molar-refractivity contribution >= 4 is 23.7 Å². The Hall–Kier alpha value is -3.72. The number of hydrogen-bond donors (Lipinski definition) is 3. The van der Waals surface area contributed by atoms with Crippen molar-refractivity contribution in [2.45, 2.75) is 115 Å². The van der Waals surface area contributed by atoms with E-state index in [1.807, 2.05) is 55.5 Å². The molecule has 4 rings (SSSR count). The highest BCUT2D eigenvalue weighted by atomic mass is 16.6. The summed E-state index contributed by atoms with van der Waals surface area (Å²) in [5, 5.41) is 16.8. The number of aliphatic hydroxyl groups excluding tert-OH is 1. The van der Waals surface area contributed by atoms with Gasteiger partial charge >= 0.3 is 5.97 Å². The van der Waals surface area contributed by atoms with E-state index in [1.54, 1.807) is 24.8 Å². The van der Waals surface area contributed by atoms with Gasteiger partial charge in [-0.2, -0.15) is 0 Å². The quantitative estimate of drug-likeness (QED) is 0.276. The average Bonchev–Trinajstić information content (AvgIpc) is 3.35. The van der Waals surface area contributed by atoms with Gasteiger partial charge < -0.3 is 25.4 Å². The summed E-state index contributed by atoms with van der Waals surface area (Å²) < 4.78 is 5.27. The van der Waals surface area contributed by atoms with Crippen LogP contribution in [-0.2, 0) is 32.1 Å². The van der Waals surface area contributed by atoms with Crippen LogP contribution in [0.15, 0.2) is 54.6 Å². The first kappa shape index (κ1) is 33.2. The van der Waals surface area contributed by atoms with Crippen LogP contribution in [-0.4, -0.2) is 64.0 Å². The number of carbonyl (C=O) groups is 4. The number of fused-ring (bicyclic) bond motifs is 1. The van der Waals surface area contributed by atoms with E-state index in [4.69, 9.17) is 4.74 Å². The van der Waals surface area contributed by atoms with Crippen LogP contribution in [0.3, 0.4) is 0 Å². The Labute approximate surface area is 260 Å². The number of carbonyl (C=O) groups excluding carboxylic acids is 4. The van der Waals surface area contributed by atoms with Crippen LogP contribution in [0.25, 0.3) is 0 Å². The fraction of sp³-hybridized carbons (Fsp3) is 0.543. The number of aliphatic hydroxyl groups is 1. The molecule has 3 amide bonds. The van der Waals surface area contributed by atoms with Gasteiger partial charge in [-0.3, -0.25) is 14.4 Å². The lowest BCUT2D eigenvalue weighted by molar-refractivity contribution is -0.159. The van der Waals surface area contributed by atoms with E-state index in [9.17, 15) is 24.3 Å². The molecule has 44 heavy (non-hydrogen) atoms. The highest BCUT2D eigenvalue weighted by Gasteiger charge is 2.38. The fourth-order valence-electron chi connectivity index (χ4n) is 6.33. The highest BCUT2D eigenvalue weighted by molar-refractivity contribution is 6.01. The standard InChI is InChI=1S/C35H47N3O6/c1-4-13-28(32(40)37-29(20-24-14-7-5-8-15-24)31(39)35(43)44-23(2)3)36-33(41)30(21-25-16-9-6-10-17-25)38-22-26-18-11-12-19-27(26)34(38)42/h6,9-12,16-19,23-24,28-31,39H,4-5,7-8,13-15,20-22H2,1-3H3,(H,36,41)(H,37,40)/t28-,29+,30-,31+/m0/s1. The second kappa shape index (κ2) is 15.8. The van der Waals surface area contributed by atoms with Crippen LogP contribution in [0.1, 0.15) is 93.6 Å². The number of benzene rings is 2. The third-order valence-corrected chi connectivity index (χ3v) is 8.62. The summed E-state index contributed by atoms with van der Waals surface area (Å²) in [5.74, 6) is -1.60. The molecule has 2 aliphatic rings. The highest BCUT2D eigenvalue weighted by Crippen LogP contribution is 2.29. The van der Waals surface area contributed by atoms with E-state index < -0.39 is 48.1 Å². The normalized spacial score (nSPS) is 17.8. The van der Waals surface area contributed by atoms with Gasteiger partial charge in [-0.25, -0.2) is 4.79 Å². The Morgan fingerprint density at radius 1 is 0.955 bits per heavy atom. The number of rotatable bonds is 14. The Morgan fingerprint density at radius 3 is 2.30 bits per heavy atom. The molecule has 2 aromatic rings. The summed E-state index contributed by atoms with van der Waals surface area (Å²) in [6.07, 6.45) is 5.04. The van der Waals surface area contributed by atoms with E-state index in [-0.39, 0.29) is 18.2 Å². The molecule has 1 fully saturated rings. The first-order valence-corrected chi connectivity index (χ1v) is 16.1. The topological polar surface area (TPSA) is 125 Å². The maximum Gasteiger partial charge on any atom is 0.337 e. The van der Waals surface area contributed by atoms with Crippen LogP contribution < -0.4 is 10.6 Å². The molecule has 0 aromatic heterocycles. The molecule has 1 saturated carbocycles. The van der Waals surface area contributed by atoms with Crippen molar-refractivity contribution in [1.29, 1.82) is 0 Å². The number of hydrogen-bond acceptors (Lipinski definition) is 6. The number of nitrogens with zero attached hydrogens (tertiary/aromatic N) is 1. The van der Waals surface area contributed by atoms with E-state index in [1.165, 1.54) is 0 Å². The Morgan fingerprint density at radius 2 is 1.64 bits per heavy atom. The van der Waals surface area contributed by atoms with Crippen molar-refractivity contribution in [2.24, 2.45) is 5.92 Å². The van der Waals surface area contributed by atoms with Crippen molar-refractivity contribution in [3.8, 4) is 0 Å². The zero-order valence-electron chi connectivity index (χ0n) is 26.2. The van der Waals surface area contributed by atoms with Crippen LogP contribution >= 0.6 is 0 Å². The van der Waals surface area contributed by atoms with Crippen molar-refractivity contribution < 1.29 is 29.0 Å². The smallest absolute Gasteiger partial charge is 0.337 e. The van der Waals surface area contributed by atoms with Gasteiger partial charge in [0, 0.05) is 18.5 Å². The van der Waals surface area contributed by atoms with Crippen molar-refractivity contribution in [3.63, 3.8) is 0 Å². The van der Waals surface area contributed by atoms with Gasteiger partial charge in [0.15, 0.2) is 6.10 Å². The first-order valence-electron chi connectivity index (χ1n) is 16.1. The molecule has 0 saturated heterocycles. The summed E-state index contributed by atoms with van der Waals surface area (Å²) in [6.45, 7) is 5.64. The molecule has 1 aliphatic carbocycles. The van der Waals surface area contributed by atoms with Crippen LogP contribution in [0, 0.1) is 5.92 Å². The average molecular weight is 606 g/mol. The molecule has 0 unspecified atom stereocenters. The summed E-state index contributed by atoms with van der Waals surface area (Å²) in [7, 11) is 0. The number of nitrogens with one attached hydrogen (secondary N) is 2. The predicted octanol–water partition coefficient (Wildman–Crippen LogP) is 4.31. The first-order chi connectivity index (χ1) is 21.2. The van der Waals surface area contributed by atoms with Crippen molar-refractivity contribution in [3.05, 3.63) is 71.3 Å². The SMILES string of the molecule is CCC[C@H](NC(=O)[C@H](Cc1ccccc1)N1Cc2ccccc2C1=O)C(=O)N[C@H](CC1CCCCC1)[C@@H](O)C(=O)OC(C)C. The summed E-state index contributed by atoms with van der Waals surface area (Å²) in [4.78, 5) is 55.4. The molecular weight excluding hydrogens is 558 g/mol. The van der Waals surface area contributed by atoms with E-state index >= 15 is 0 Å². The third kappa shape index (κ3) is 8.68. The second-order valence-electron chi connectivity index (χ2n) is 12.4.